The summed E-state index contributed by atoms with van der Waals surface area (Å²) < 4.78 is 42.4. The van der Waals surface area contributed by atoms with Crippen LogP contribution < -0.4 is 4.90 Å². The van der Waals surface area contributed by atoms with Crippen molar-refractivity contribution in [3.63, 3.8) is 0 Å². The van der Waals surface area contributed by atoms with E-state index in [0.717, 1.165) is 24.7 Å². The fourth-order valence-electron chi connectivity index (χ4n) is 3.67. The SMILES string of the molecule is CC(C)n1cnnc1C1CCN(c2cc(C(F)(F)F)nc(-c3cccnc3)n2)CC1. The van der Waals surface area contributed by atoms with E-state index in [2.05, 4.69) is 39.0 Å². The molecule has 0 aliphatic carbocycles. The van der Waals surface area contributed by atoms with Gasteiger partial charge in [-0.2, -0.15) is 13.2 Å². The normalized spacial score (nSPS) is 15.7. The number of halogens is 3. The molecule has 158 valence electrons. The molecule has 0 spiro atoms. The third-order valence-corrected chi connectivity index (χ3v) is 5.26. The van der Waals surface area contributed by atoms with E-state index in [-0.39, 0.29) is 23.6 Å². The molecule has 1 fully saturated rings. The molecular weight excluding hydrogens is 395 g/mol. The summed E-state index contributed by atoms with van der Waals surface area (Å²) in [5.74, 6) is 1.45. The lowest BCUT2D eigenvalue weighted by atomic mass is 9.95. The van der Waals surface area contributed by atoms with Gasteiger partial charge in [-0.15, -0.1) is 10.2 Å². The molecule has 0 atom stereocenters. The smallest absolute Gasteiger partial charge is 0.356 e. The van der Waals surface area contributed by atoms with Crippen molar-refractivity contribution >= 4 is 5.82 Å². The number of alkyl halides is 3. The van der Waals surface area contributed by atoms with Crippen molar-refractivity contribution in [2.24, 2.45) is 0 Å². The van der Waals surface area contributed by atoms with Gasteiger partial charge in [-0.1, -0.05) is 0 Å². The molecule has 7 nitrogen and oxygen atoms in total. The number of hydrogen-bond acceptors (Lipinski definition) is 6. The van der Waals surface area contributed by atoms with E-state index in [9.17, 15) is 13.2 Å². The second kappa shape index (κ2) is 8.00. The zero-order chi connectivity index (χ0) is 21.3. The Morgan fingerprint density at radius 3 is 2.53 bits per heavy atom. The van der Waals surface area contributed by atoms with Gasteiger partial charge in [0.2, 0.25) is 0 Å². The molecule has 10 heteroatoms. The van der Waals surface area contributed by atoms with Gasteiger partial charge < -0.3 is 9.47 Å². The van der Waals surface area contributed by atoms with Crippen LogP contribution in [-0.2, 0) is 6.18 Å². The highest BCUT2D eigenvalue weighted by atomic mass is 19.4. The summed E-state index contributed by atoms with van der Waals surface area (Å²) in [6.07, 6.45) is 1.72. The lowest BCUT2D eigenvalue weighted by Gasteiger charge is -2.33. The molecule has 1 aliphatic rings. The second-order valence-electron chi connectivity index (χ2n) is 7.63. The van der Waals surface area contributed by atoms with Crippen LogP contribution in [0.5, 0.6) is 0 Å². The Morgan fingerprint density at radius 2 is 1.90 bits per heavy atom. The fraction of sp³-hybridized carbons (Fsp3) is 0.450. The minimum Gasteiger partial charge on any atom is -0.356 e. The Kier molecular flexibility index (Phi) is 5.40. The summed E-state index contributed by atoms with van der Waals surface area (Å²) in [5.41, 5.74) is -0.502. The first kappa shape index (κ1) is 20.2. The molecule has 0 unspecified atom stereocenters. The van der Waals surface area contributed by atoms with Crippen molar-refractivity contribution < 1.29 is 13.2 Å². The Hall–Kier alpha value is -3.04. The van der Waals surface area contributed by atoms with Gasteiger partial charge in [0.05, 0.1) is 0 Å². The largest absolute Gasteiger partial charge is 0.433 e. The van der Waals surface area contributed by atoms with Crippen LogP contribution in [0, 0.1) is 0 Å². The minimum absolute atomic E-state index is 0.0228. The lowest BCUT2D eigenvalue weighted by molar-refractivity contribution is -0.141. The lowest BCUT2D eigenvalue weighted by Crippen LogP contribution is -2.34. The van der Waals surface area contributed by atoms with E-state index in [1.54, 1.807) is 24.7 Å². The molecule has 0 aromatic carbocycles. The quantitative estimate of drug-likeness (QED) is 0.636. The summed E-state index contributed by atoms with van der Waals surface area (Å²) in [5, 5.41) is 8.30. The molecule has 0 amide bonds. The Balaban J connectivity index is 1.59. The van der Waals surface area contributed by atoms with Gasteiger partial charge in [0, 0.05) is 49.1 Å². The van der Waals surface area contributed by atoms with E-state index in [4.69, 9.17) is 0 Å². The van der Waals surface area contributed by atoms with Gasteiger partial charge in [-0.05, 0) is 38.8 Å². The first-order valence-electron chi connectivity index (χ1n) is 9.84. The zero-order valence-electron chi connectivity index (χ0n) is 16.7. The van der Waals surface area contributed by atoms with Crippen molar-refractivity contribution in [2.75, 3.05) is 18.0 Å². The number of aromatic nitrogens is 6. The number of rotatable bonds is 4. The molecule has 0 N–H and O–H groups in total. The Labute approximate surface area is 172 Å². The molecule has 4 heterocycles. The van der Waals surface area contributed by atoms with Crippen LogP contribution in [0.3, 0.4) is 0 Å². The summed E-state index contributed by atoms with van der Waals surface area (Å²) in [7, 11) is 0. The highest BCUT2D eigenvalue weighted by Crippen LogP contribution is 2.34. The van der Waals surface area contributed by atoms with Gasteiger partial charge in [0.15, 0.2) is 11.5 Å². The van der Waals surface area contributed by atoms with Crippen LogP contribution in [0.4, 0.5) is 19.0 Å². The van der Waals surface area contributed by atoms with Crippen molar-refractivity contribution in [1.29, 1.82) is 0 Å². The fourth-order valence-corrected chi connectivity index (χ4v) is 3.67. The minimum atomic E-state index is -4.55. The van der Waals surface area contributed by atoms with Gasteiger partial charge in [0.1, 0.15) is 18.0 Å². The molecule has 0 bridgehead atoms. The predicted molar refractivity (Wildman–Crippen MR) is 105 cm³/mol. The number of piperidine rings is 1. The maximum absolute atomic E-state index is 13.5. The third kappa shape index (κ3) is 4.12. The van der Waals surface area contributed by atoms with Crippen molar-refractivity contribution in [2.45, 2.75) is 44.8 Å². The van der Waals surface area contributed by atoms with Crippen LogP contribution in [0.15, 0.2) is 36.9 Å². The van der Waals surface area contributed by atoms with Crippen molar-refractivity contribution in [3.05, 3.63) is 48.4 Å². The van der Waals surface area contributed by atoms with Crippen LogP contribution in [-0.4, -0.2) is 42.8 Å². The predicted octanol–water partition coefficient (Wildman–Crippen LogP) is 4.11. The van der Waals surface area contributed by atoms with Crippen LogP contribution in [0.1, 0.15) is 50.2 Å². The molecule has 1 saturated heterocycles. The molecular formula is C20H22F3N7. The molecule has 0 radical (unpaired) electrons. The molecule has 3 aromatic heterocycles. The van der Waals surface area contributed by atoms with E-state index in [1.807, 2.05) is 9.47 Å². The summed E-state index contributed by atoms with van der Waals surface area (Å²) in [6, 6.07) is 4.58. The number of hydrogen-bond donors (Lipinski definition) is 0. The average Bonchev–Trinajstić information content (AvgIpc) is 3.24. The van der Waals surface area contributed by atoms with E-state index in [0.29, 0.717) is 18.7 Å². The molecule has 0 saturated carbocycles. The summed E-state index contributed by atoms with van der Waals surface area (Å²) in [4.78, 5) is 14.0. The zero-order valence-corrected chi connectivity index (χ0v) is 16.7. The van der Waals surface area contributed by atoms with Gasteiger partial charge in [0.25, 0.3) is 0 Å². The van der Waals surface area contributed by atoms with Crippen molar-refractivity contribution in [1.82, 2.24) is 29.7 Å². The molecule has 30 heavy (non-hydrogen) atoms. The average molecular weight is 417 g/mol. The monoisotopic (exact) mass is 417 g/mol. The molecule has 3 aromatic rings. The van der Waals surface area contributed by atoms with Gasteiger partial charge >= 0.3 is 6.18 Å². The summed E-state index contributed by atoms with van der Waals surface area (Å²) in [6.45, 7) is 5.30. The van der Waals surface area contributed by atoms with Crippen LogP contribution in [0.25, 0.3) is 11.4 Å². The topological polar surface area (TPSA) is 72.6 Å². The van der Waals surface area contributed by atoms with Crippen LogP contribution >= 0.6 is 0 Å². The highest BCUT2D eigenvalue weighted by Gasteiger charge is 2.35. The van der Waals surface area contributed by atoms with E-state index < -0.39 is 11.9 Å². The number of pyridine rings is 1. The summed E-state index contributed by atoms with van der Waals surface area (Å²) >= 11 is 0. The van der Waals surface area contributed by atoms with Crippen molar-refractivity contribution in [3.8, 4) is 11.4 Å². The van der Waals surface area contributed by atoms with E-state index >= 15 is 0 Å². The van der Waals surface area contributed by atoms with Crippen LogP contribution in [0.2, 0.25) is 0 Å². The van der Waals surface area contributed by atoms with E-state index in [1.165, 1.54) is 6.20 Å². The Bertz CT molecular complexity index is 993. The molecule has 1 aliphatic heterocycles. The first-order chi connectivity index (χ1) is 14.3. The number of anilines is 1. The Morgan fingerprint density at radius 1 is 1.13 bits per heavy atom. The van der Waals surface area contributed by atoms with Gasteiger partial charge in [-0.3, -0.25) is 4.98 Å². The molecule has 4 rings (SSSR count). The maximum Gasteiger partial charge on any atom is 0.433 e. The maximum atomic E-state index is 13.5. The second-order valence-corrected chi connectivity index (χ2v) is 7.63. The van der Waals surface area contributed by atoms with Gasteiger partial charge in [-0.25, -0.2) is 9.97 Å². The standard InChI is InChI=1S/C20H22F3N7/c1-13(2)30-12-25-28-19(30)14-5-8-29(9-6-14)17-10-16(20(21,22)23)26-18(27-17)15-4-3-7-24-11-15/h3-4,7,10-14H,5-6,8-9H2,1-2H3. The third-order valence-electron chi connectivity index (χ3n) is 5.26. The first-order valence-corrected chi connectivity index (χ1v) is 9.84. The highest BCUT2D eigenvalue weighted by molar-refractivity contribution is 5.57. The number of nitrogens with zero attached hydrogens (tertiary/aromatic N) is 7.